The smallest absolute Gasteiger partial charge is 0.180 e. The molecule has 0 aliphatic rings. The first-order valence-electron chi connectivity index (χ1n) is 6.50. The van der Waals surface area contributed by atoms with E-state index in [1.807, 2.05) is 35.0 Å². The molecule has 2 heterocycles. The van der Waals surface area contributed by atoms with Crippen molar-refractivity contribution in [2.45, 2.75) is 0 Å². The number of ether oxygens (including phenoxy) is 1. The summed E-state index contributed by atoms with van der Waals surface area (Å²) in [7, 11) is 1.68. The first kappa shape index (κ1) is 12.6. The average molecular weight is 268 g/mol. The first-order valence-corrected chi connectivity index (χ1v) is 6.50. The van der Waals surface area contributed by atoms with E-state index in [1.165, 1.54) is 0 Å². The fourth-order valence-electron chi connectivity index (χ4n) is 2.14. The van der Waals surface area contributed by atoms with Gasteiger partial charge < -0.3 is 10.1 Å². The zero-order valence-electron chi connectivity index (χ0n) is 11.3. The SMILES string of the molecule is COCCNc1nccn2c(-c3ccccc3)cnc12. The van der Waals surface area contributed by atoms with Crippen molar-refractivity contribution in [3.8, 4) is 11.3 Å². The maximum absolute atomic E-state index is 5.03. The Bertz CT molecular complexity index is 693. The Morgan fingerprint density at radius 2 is 2.05 bits per heavy atom. The molecule has 102 valence electrons. The Morgan fingerprint density at radius 1 is 1.20 bits per heavy atom. The van der Waals surface area contributed by atoms with Crippen LogP contribution in [-0.2, 0) is 4.74 Å². The van der Waals surface area contributed by atoms with Gasteiger partial charge in [-0.3, -0.25) is 4.40 Å². The van der Waals surface area contributed by atoms with Crippen molar-refractivity contribution in [1.29, 1.82) is 0 Å². The third-order valence-electron chi connectivity index (χ3n) is 3.10. The molecule has 3 rings (SSSR count). The number of rotatable bonds is 5. The second-order valence-electron chi connectivity index (χ2n) is 4.40. The average Bonchev–Trinajstić information content (AvgIpc) is 2.93. The molecule has 3 aromatic rings. The molecule has 0 aliphatic heterocycles. The predicted molar refractivity (Wildman–Crippen MR) is 78.8 cm³/mol. The van der Waals surface area contributed by atoms with Crippen molar-refractivity contribution >= 4 is 11.5 Å². The van der Waals surface area contributed by atoms with E-state index in [1.54, 1.807) is 13.3 Å². The van der Waals surface area contributed by atoms with Crippen LogP contribution in [-0.4, -0.2) is 34.6 Å². The summed E-state index contributed by atoms with van der Waals surface area (Å²) in [5.41, 5.74) is 3.01. The Labute approximate surface area is 117 Å². The van der Waals surface area contributed by atoms with Gasteiger partial charge in [-0.1, -0.05) is 30.3 Å². The molecule has 2 aromatic heterocycles. The molecule has 0 bridgehead atoms. The molecule has 0 atom stereocenters. The lowest BCUT2D eigenvalue weighted by Gasteiger charge is -2.07. The summed E-state index contributed by atoms with van der Waals surface area (Å²) in [5.74, 6) is 0.770. The molecule has 0 saturated heterocycles. The van der Waals surface area contributed by atoms with Crippen LogP contribution in [0.25, 0.3) is 16.9 Å². The highest BCUT2D eigenvalue weighted by molar-refractivity contribution is 5.70. The predicted octanol–water partition coefficient (Wildman–Crippen LogP) is 2.45. The first-order chi connectivity index (χ1) is 9.90. The molecular formula is C15H16N4O. The number of benzene rings is 1. The summed E-state index contributed by atoms with van der Waals surface area (Å²) in [5, 5.41) is 3.23. The molecule has 0 fully saturated rings. The van der Waals surface area contributed by atoms with Crippen LogP contribution in [0.3, 0.4) is 0 Å². The fourth-order valence-corrected chi connectivity index (χ4v) is 2.14. The van der Waals surface area contributed by atoms with Gasteiger partial charge in [-0.2, -0.15) is 0 Å². The lowest BCUT2D eigenvalue weighted by atomic mass is 10.2. The molecule has 0 saturated carbocycles. The van der Waals surface area contributed by atoms with Crippen molar-refractivity contribution in [2.75, 3.05) is 25.6 Å². The molecule has 0 amide bonds. The highest BCUT2D eigenvalue weighted by atomic mass is 16.5. The van der Waals surface area contributed by atoms with Gasteiger partial charge in [-0.05, 0) is 0 Å². The molecule has 5 heteroatoms. The van der Waals surface area contributed by atoms with E-state index in [9.17, 15) is 0 Å². The fraction of sp³-hybridized carbons (Fsp3) is 0.200. The highest BCUT2D eigenvalue weighted by Gasteiger charge is 2.09. The van der Waals surface area contributed by atoms with Crippen molar-refractivity contribution < 1.29 is 4.74 Å². The number of fused-ring (bicyclic) bond motifs is 1. The molecule has 5 nitrogen and oxygen atoms in total. The minimum absolute atomic E-state index is 0.634. The van der Waals surface area contributed by atoms with Crippen molar-refractivity contribution in [1.82, 2.24) is 14.4 Å². The monoisotopic (exact) mass is 268 g/mol. The quantitative estimate of drug-likeness (QED) is 0.722. The summed E-state index contributed by atoms with van der Waals surface area (Å²) in [6, 6.07) is 10.2. The summed E-state index contributed by atoms with van der Waals surface area (Å²) >= 11 is 0. The van der Waals surface area contributed by atoms with Crippen LogP contribution in [0.1, 0.15) is 0 Å². The lowest BCUT2D eigenvalue weighted by Crippen LogP contribution is -2.10. The Kier molecular flexibility index (Phi) is 3.60. The highest BCUT2D eigenvalue weighted by Crippen LogP contribution is 2.22. The Balaban J connectivity index is 1.99. The summed E-state index contributed by atoms with van der Waals surface area (Å²) in [6.45, 7) is 1.34. The van der Waals surface area contributed by atoms with Gasteiger partial charge in [0.1, 0.15) is 0 Å². The number of aromatic nitrogens is 3. The Morgan fingerprint density at radius 3 is 2.85 bits per heavy atom. The summed E-state index contributed by atoms with van der Waals surface area (Å²) in [6.07, 6.45) is 5.57. The summed E-state index contributed by atoms with van der Waals surface area (Å²) < 4.78 is 7.07. The van der Waals surface area contributed by atoms with Crippen LogP contribution < -0.4 is 5.32 Å². The van der Waals surface area contributed by atoms with Gasteiger partial charge in [0.2, 0.25) is 0 Å². The van der Waals surface area contributed by atoms with E-state index in [4.69, 9.17) is 4.74 Å². The van der Waals surface area contributed by atoms with Crippen LogP contribution in [0.2, 0.25) is 0 Å². The standard InChI is InChI=1S/C15H16N4O/c1-20-10-8-17-14-15-18-11-13(19(15)9-7-16-14)12-5-3-2-4-6-12/h2-7,9,11H,8,10H2,1H3,(H,16,17). The van der Waals surface area contributed by atoms with Gasteiger partial charge in [-0.15, -0.1) is 0 Å². The zero-order valence-corrected chi connectivity index (χ0v) is 11.3. The van der Waals surface area contributed by atoms with Crippen LogP contribution in [0.4, 0.5) is 5.82 Å². The van der Waals surface area contributed by atoms with Crippen LogP contribution in [0.5, 0.6) is 0 Å². The topological polar surface area (TPSA) is 51.5 Å². The maximum Gasteiger partial charge on any atom is 0.180 e. The van der Waals surface area contributed by atoms with E-state index in [-0.39, 0.29) is 0 Å². The molecule has 0 aliphatic carbocycles. The largest absolute Gasteiger partial charge is 0.383 e. The van der Waals surface area contributed by atoms with Gasteiger partial charge in [-0.25, -0.2) is 9.97 Å². The number of imidazole rings is 1. The van der Waals surface area contributed by atoms with E-state index in [0.29, 0.717) is 13.2 Å². The number of anilines is 1. The van der Waals surface area contributed by atoms with Crippen molar-refractivity contribution in [2.24, 2.45) is 0 Å². The van der Waals surface area contributed by atoms with E-state index < -0.39 is 0 Å². The number of nitrogens with zero attached hydrogens (tertiary/aromatic N) is 3. The van der Waals surface area contributed by atoms with Crippen molar-refractivity contribution in [3.05, 3.63) is 48.9 Å². The molecule has 1 N–H and O–H groups in total. The van der Waals surface area contributed by atoms with E-state index in [0.717, 1.165) is 22.7 Å². The minimum atomic E-state index is 0.634. The minimum Gasteiger partial charge on any atom is -0.383 e. The van der Waals surface area contributed by atoms with Gasteiger partial charge in [0.05, 0.1) is 18.5 Å². The third kappa shape index (κ3) is 2.35. The van der Waals surface area contributed by atoms with Crippen LogP contribution in [0, 0.1) is 0 Å². The van der Waals surface area contributed by atoms with E-state index >= 15 is 0 Å². The van der Waals surface area contributed by atoms with Gasteiger partial charge in [0, 0.05) is 31.6 Å². The second kappa shape index (κ2) is 5.71. The second-order valence-corrected chi connectivity index (χ2v) is 4.40. The zero-order chi connectivity index (χ0) is 13.8. The Hall–Kier alpha value is -2.40. The third-order valence-corrected chi connectivity index (χ3v) is 3.10. The molecule has 0 radical (unpaired) electrons. The molecular weight excluding hydrogens is 252 g/mol. The molecule has 0 unspecified atom stereocenters. The molecule has 0 spiro atoms. The number of hydrogen-bond acceptors (Lipinski definition) is 4. The summed E-state index contributed by atoms with van der Waals surface area (Å²) in [4.78, 5) is 8.81. The van der Waals surface area contributed by atoms with E-state index in [2.05, 4.69) is 27.4 Å². The van der Waals surface area contributed by atoms with Gasteiger partial charge in [0.15, 0.2) is 11.5 Å². The molecule has 20 heavy (non-hydrogen) atoms. The van der Waals surface area contributed by atoms with Crippen LogP contribution in [0.15, 0.2) is 48.9 Å². The van der Waals surface area contributed by atoms with Crippen LogP contribution >= 0.6 is 0 Å². The number of hydrogen-bond donors (Lipinski definition) is 1. The number of methoxy groups -OCH3 is 1. The lowest BCUT2D eigenvalue weighted by molar-refractivity contribution is 0.210. The van der Waals surface area contributed by atoms with Gasteiger partial charge in [0.25, 0.3) is 0 Å². The molecule has 1 aromatic carbocycles. The van der Waals surface area contributed by atoms with Crippen molar-refractivity contribution in [3.63, 3.8) is 0 Å². The normalized spacial score (nSPS) is 10.8. The number of nitrogens with one attached hydrogen (secondary N) is 1. The van der Waals surface area contributed by atoms with Gasteiger partial charge >= 0.3 is 0 Å². The maximum atomic E-state index is 5.03.